The number of hydrogen-bond acceptors (Lipinski definition) is 2. The first kappa shape index (κ1) is 33.2. The topological polar surface area (TPSA) is 17.4 Å². The molecule has 0 saturated carbocycles. The lowest BCUT2D eigenvalue weighted by Crippen LogP contribution is -2.30. The summed E-state index contributed by atoms with van der Waals surface area (Å²) in [6, 6.07) is 47.7. The van der Waals surface area contributed by atoms with Gasteiger partial charge in [-0.1, -0.05) is 119 Å². The zero-order valence-electron chi connectivity index (χ0n) is 30.5. The van der Waals surface area contributed by atoms with Gasteiger partial charge in [0.2, 0.25) is 0 Å². The number of anilines is 3. The highest BCUT2D eigenvalue weighted by molar-refractivity contribution is 6.11. The van der Waals surface area contributed by atoms with Crippen LogP contribution in [-0.4, -0.2) is 4.57 Å². The molecule has 1 aliphatic rings. The van der Waals surface area contributed by atoms with Crippen molar-refractivity contribution in [3.05, 3.63) is 161 Å². The highest BCUT2D eigenvalue weighted by Gasteiger charge is 2.37. The van der Waals surface area contributed by atoms with E-state index in [0.29, 0.717) is 0 Å². The Balaban J connectivity index is 0.000000306. The molecule has 1 aliphatic heterocycles. The molecule has 1 aromatic heterocycles. The van der Waals surface area contributed by atoms with E-state index >= 15 is 0 Å². The van der Waals surface area contributed by atoms with Gasteiger partial charge in [0.15, 0.2) is 0 Å². The highest BCUT2D eigenvalue weighted by Crippen LogP contribution is 2.53. The minimum Gasteiger partial charge on any atom is -0.457 e. The smallest absolute Gasteiger partial charge is 0.132 e. The Morgan fingerprint density at radius 3 is 1.96 bits per heavy atom. The number of fused-ring (bicyclic) bond motifs is 5. The Morgan fingerprint density at radius 2 is 1.24 bits per heavy atom. The van der Waals surface area contributed by atoms with Crippen molar-refractivity contribution in [2.45, 2.75) is 65.7 Å². The number of hydrogen-bond donors (Lipinski definition) is 0. The van der Waals surface area contributed by atoms with Crippen LogP contribution in [0.25, 0.3) is 21.8 Å². The second-order valence-corrected chi connectivity index (χ2v) is 14.4. The maximum absolute atomic E-state index is 6.43. The van der Waals surface area contributed by atoms with E-state index in [-0.39, 0.29) is 5.41 Å². The van der Waals surface area contributed by atoms with Crippen molar-refractivity contribution in [3.63, 3.8) is 0 Å². The fourth-order valence-corrected chi connectivity index (χ4v) is 7.66. The largest absolute Gasteiger partial charge is 0.457 e. The van der Waals surface area contributed by atoms with Crippen LogP contribution in [0.3, 0.4) is 0 Å². The average molecular weight is 657 g/mol. The Hall–Kier alpha value is -5.28. The SMILES string of the molecule is CCCC(C)c1ccccc1.Cc1ccccc1Oc1cc2c(cc1C)c1cc3c(cc1n2C)C(C)(C)c1ccccc1N3c1ccccc1. The molecule has 3 heteroatoms. The van der Waals surface area contributed by atoms with Crippen molar-refractivity contribution in [1.82, 2.24) is 4.57 Å². The molecule has 50 heavy (non-hydrogen) atoms. The van der Waals surface area contributed by atoms with E-state index in [4.69, 9.17) is 4.74 Å². The van der Waals surface area contributed by atoms with E-state index < -0.39 is 0 Å². The van der Waals surface area contributed by atoms with E-state index in [1.165, 1.54) is 68.4 Å². The Labute approximate surface area is 297 Å². The summed E-state index contributed by atoms with van der Waals surface area (Å²) in [4.78, 5) is 2.43. The van der Waals surface area contributed by atoms with Crippen molar-refractivity contribution in [2.75, 3.05) is 4.90 Å². The number of rotatable bonds is 6. The van der Waals surface area contributed by atoms with Gasteiger partial charge in [-0.15, -0.1) is 0 Å². The summed E-state index contributed by atoms with van der Waals surface area (Å²) in [5.41, 5.74) is 12.3. The number of ether oxygens (including phenoxy) is 1. The number of aromatic nitrogens is 1. The van der Waals surface area contributed by atoms with Crippen LogP contribution in [0, 0.1) is 13.8 Å². The zero-order chi connectivity index (χ0) is 35.0. The molecule has 0 amide bonds. The molecule has 1 unspecified atom stereocenters. The van der Waals surface area contributed by atoms with Gasteiger partial charge in [-0.05, 0) is 96.5 Å². The van der Waals surface area contributed by atoms with Crippen LogP contribution in [-0.2, 0) is 12.5 Å². The summed E-state index contributed by atoms with van der Waals surface area (Å²) < 4.78 is 8.75. The molecule has 8 rings (SSSR count). The maximum Gasteiger partial charge on any atom is 0.132 e. The van der Waals surface area contributed by atoms with Gasteiger partial charge in [-0.3, -0.25) is 0 Å². The number of nitrogens with zero attached hydrogens (tertiary/aromatic N) is 2. The lowest BCUT2D eigenvalue weighted by molar-refractivity contribution is 0.476. The fourth-order valence-electron chi connectivity index (χ4n) is 7.66. The first-order valence-electron chi connectivity index (χ1n) is 18.0. The van der Waals surface area contributed by atoms with Crippen molar-refractivity contribution in [3.8, 4) is 11.5 Å². The fraction of sp³-hybridized carbons (Fsp3) is 0.234. The van der Waals surface area contributed by atoms with Crippen LogP contribution in [0.15, 0.2) is 133 Å². The summed E-state index contributed by atoms with van der Waals surface area (Å²) in [5, 5.41) is 2.50. The predicted octanol–water partition coefficient (Wildman–Crippen LogP) is 13.4. The van der Waals surface area contributed by atoms with Crippen LogP contribution in [0.2, 0.25) is 0 Å². The van der Waals surface area contributed by atoms with Crippen LogP contribution in [0.5, 0.6) is 11.5 Å². The van der Waals surface area contributed by atoms with E-state index in [1.807, 2.05) is 18.2 Å². The lowest BCUT2D eigenvalue weighted by Gasteiger charge is -2.42. The molecule has 0 aliphatic carbocycles. The van der Waals surface area contributed by atoms with Gasteiger partial charge in [0, 0.05) is 40.5 Å². The molecule has 6 aromatic carbocycles. The molecular formula is C47H48N2O. The molecular weight excluding hydrogens is 609 g/mol. The van der Waals surface area contributed by atoms with Crippen LogP contribution in [0.4, 0.5) is 17.1 Å². The molecule has 0 saturated heterocycles. The average Bonchev–Trinajstić information content (AvgIpc) is 3.39. The third kappa shape index (κ3) is 5.96. The van der Waals surface area contributed by atoms with E-state index in [1.54, 1.807) is 0 Å². The quantitative estimate of drug-likeness (QED) is 0.177. The molecule has 0 fully saturated rings. The molecule has 0 N–H and O–H groups in total. The normalized spacial score (nSPS) is 13.7. The third-order valence-electron chi connectivity index (χ3n) is 10.6. The molecule has 1 atom stereocenters. The Kier molecular flexibility index (Phi) is 9.01. The maximum atomic E-state index is 6.43. The summed E-state index contributed by atoms with van der Waals surface area (Å²) >= 11 is 0. The van der Waals surface area contributed by atoms with Crippen molar-refractivity contribution in [2.24, 2.45) is 7.05 Å². The van der Waals surface area contributed by atoms with E-state index in [9.17, 15) is 0 Å². The molecule has 0 radical (unpaired) electrons. The highest BCUT2D eigenvalue weighted by atomic mass is 16.5. The second kappa shape index (κ2) is 13.6. The second-order valence-electron chi connectivity index (χ2n) is 14.4. The minimum atomic E-state index is -0.142. The van der Waals surface area contributed by atoms with Crippen LogP contribution in [0.1, 0.15) is 74.3 Å². The van der Waals surface area contributed by atoms with Gasteiger partial charge < -0.3 is 14.2 Å². The summed E-state index contributed by atoms with van der Waals surface area (Å²) in [6.45, 7) is 13.4. The lowest BCUT2D eigenvalue weighted by atomic mass is 9.73. The molecule has 2 heterocycles. The van der Waals surface area contributed by atoms with Crippen molar-refractivity contribution in [1.29, 1.82) is 0 Å². The minimum absolute atomic E-state index is 0.142. The molecule has 252 valence electrons. The predicted molar refractivity (Wildman–Crippen MR) is 213 cm³/mol. The van der Waals surface area contributed by atoms with Gasteiger partial charge >= 0.3 is 0 Å². The number of benzene rings is 6. The summed E-state index contributed by atoms with van der Waals surface area (Å²) in [7, 11) is 2.17. The van der Waals surface area contributed by atoms with Crippen molar-refractivity contribution < 1.29 is 4.74 Å². The summed E-state index contributed by atoms with van der Waals surface area (Å²) in [5.74, 6) is 2.51. The van der Waals surface area contributed by atoms with Crippen LogP contribution >= 0.6 is 0 Å². The Bertz CT molecular complexity index is 2280. The number of para-hydroxylation sites is 3. The van der Waals surface area contributed by atoms with Gasteiger partial charge in [0.1, 0.15) is 11.5 Å². The zero-order valence-corrected chi connectivity index (χ0v) is 30.5. The standard InChI is InChI=1S/C36H32N2O.C11H16/c1-23-13-9-12-18-34(23)39-35-22-32-26(19-24(35)2)27-20-33-29(21-31(27)37(32)5)36(3,4)28-16-10-11-17-30(28)38(33)25-14-7-6-8-15-25;1-3-7-10(2)11-8-5-4-6-9-11/h6-22H,1-5H3;4-6,8-10H,3,7H2,1-2H3. The van der Waals surface area contributed by atoms with Gasteiger partial charge in [-0.25, -0.2) is 0 Å². The van der Waals surface area contributed by atoms with E-state index in [2.05, 4.69) is 173 Å². The van der Waals surface area contributed by atoms with Gasteiger partial charge in [0.05, 0.1) is 16.9 Å². The first-order valence-corrected chi connectivity index (χ1v) is 18.0. The summed E-state index contributed by atoms with van der Waals surface area (Å²) in [6.07, 6.45) is 2.57. The molecule has 3 nitrogen and oxygen atoms in total. The van der Waals surface area contributed by atoms with Crippen LogP contribution < -0.4 is 9.64 Å². The van der Waals surface area contributed by atoms with Crippen molar-refractivity contribution >= 4 is 38.9 Å². The number of aryl methyl sites for hydroxylation is 3. The van der Waals surface area contributed by atoms with Gasteiger partial charge in [0.25, 0.3) is 0 Å². The Morgan fingerprint density at radius 1 is 0.620 bits per heavy atom. The monoisotopic (exact) mass is 656 g/mol. The molecule has 7 aromatic rings. The van der Waals surface area contributed by atoms with Gasteiger partial charge in [-0.2, -0.15) is 0 Å². The molecule has 0 spiro atoms. The first-order chi connectivity index (χ1) is 24.2. The molecule has 0 bridgehead atoms. The van der Waals surface area contributed by atoms with E-state index in [0.717, 1.165) is 28.5 Å². The third-order valence-corrected chi connectivity index (χ3v) is 10.6.